The topological polar surface area (TPSA) is 43.6 Å². The Morgan fingerprint density at radius 2 is 1.04 bits per heavy atom. The molecular formula is C48H34N4. The van der Waals surface area contributed by atoms with Crippen LogP contribution in [0, 0.1) is 0 Å². The van der Waals surface area contributed by atoms with Gasteiger partial charge in [0.05, 0.1) is 5.69 Å². The molecule has 0 radical (unpaired) electrons. The maximum Gasteiger partial charge on any atom is 0.114 e. The lowest BCUT2D eigenvalue weighted by molar-refractivity contribution is 0.766. The predicted molar refractivity (Wildman–Crippen MR) is 217 cm³/mol. The summed E-state index contributed by atoms with van der Waals surface area (Å²) in [6.45, 7) is 2.01. The minimum absolute atomic E-state index is 0.846. The average molecular weight is 667 g/mol. The molecule has 7 aromatic carbocycles. The molecule has 2 heterocycles. The zero-order valence-corrected chi connectivity index (χ0v) is 28.7. The van der Waals surface area contributed by atoms with Gasteiger partial charge in [-0.3, -0.25) is 4.98 Å². The van der Waals surface area contributed by atoms with E-state index in [1.807, 2.05) is 37.5 Å². The smallest absolute Gasteiger partial charge is 0.114 e. The zero-order valence-electron chi connectivity index (χ0n) is 28.7. The maximum absolute atomic E-state index is 4.93. The second kappa shape index (κ2) is 13.4. The van der Waals surface area contributed by atoms with Gasteiger partial charge in [0.2, 0.25) is 0 Å². The fraction of sp³-hybridized carbons (Fsp3) is 0.0208. The molecule has 0 bridgehead atoms. The summed E-state index contributed by atoms with van der Waals surface area (Å²) in [6.07, 6.45) is 11.9. The van der Waals surface area contributed by atoms with E-state index in [4.69, 9.17) is 10.2 Å². The largest absolute Gasteiger partial charge is 0.263 e. The lowest BCUT2D eigenvalue weighted by Gasteiger charge is -2.18. The van der Waals surface area contributed by atoms with Crippen LogP contribution < -0.4 is 0 Å². The normalized spacial score (nSPS) is 11.8. The number of hydrogen-bond donors (Lipinski definition) is 0. The minimum Gasteiger partial charge on any atom is -0.263 e. The van der Waals surface area contributed by atoms with Gasteiger partial charge in [0.15, 0.2) is 0 Å². The number of allylic oxidation sites excluding steroid dienone is 3. The first-order valence-corrected chi connectivity index (χ1v) is 17.6. The highest BCUT2D eigenvalue weighted by molar-refractivity contribution is 6.22. The van der Waals surface area contributed by atoms with Crippen molar-refractivity contribution in [1.82, 2.24) is 20.0 Å². The number of rotatable bonds is 7. The van der Waals surface area contributed by atoms with Crippen LogP contribution in [0.15, 0.2) is 182 Å². The summed E-state index contributed by atoms with van der Waals surface area (Å²) in [5, 5.41) is 14.7. The number of aromatic nitrogens is 4. The molecule has 0 N–H and O–H groups in total. The van der Waals surface area contributed by atoms with Crippen molar-refractivity contribution < 1.29 is 0 Å². The van der Waals surface area contributed by atoms with Gasteiger partial charge in [-0.05, 0) is 109 Å². The van der Waals surface area contributed by atoms with Crippen molar-refractivity contribution in [3.05, 3.63) is 188 Å². The summed E-state index contributed by atoms with van der Waals surface area (Å²) in [7, 11) is 0. The Bertz CT molecular complexity index is 2780. The molecular weight excluding hydrogens is 633 g/mol. The third kappa shape index (κ3) is 5.76. The van der Waals surface area contributed by atoms with E-state index in [0.29, 0.717) is 0 Å². The summed E-state index contributed by atoms with van der Waals surface area (Å²) in [4.78, 5) is 6.17. The molecule has 0 atom stereocenters. The SMILES string of the molecule is C/C=C\C=C/c1cncc(-c2ccc(-n3nc4ccc(-c5ccc6c(-c7ccccc7)c7ccccc7c(-c7ccccc7)c6c5)cc4n3)cc2)c1. The summed E-state index contributed by atoms with van der Waals surface area (Å²) in [6, 6.07) is 54.0. The van der Waals surface area contributed by atoms with Gasteiger partial charge in [-0.15, -0.1) is 10.2 Å². The Morgan fingerprint density at radius 1 is 0.442 bits per heavy atom. The van der Waals surface area contributed by atoms with Crippen LogP contribution in [0.4, 0.5) is 0 Å². The summed E-state index contributed by atoms with van der Waals surface area (Å²) in [5.41, 5.74) is 13.0. The van der Waals surface area contributed by atoms with Gasteiger partial charge in [-0.2, -0.15) is 4.80 Å². The second-order valence-electron chi connectivity index (χ2n) is 12.9. The Hall–Kier alpha value is -6.91. The van der Waals surface area contributed by atoms with Gasteiger partial charge >= 0.3 is 0 Å². The van der Waals surface area contributed by atoms with Gasteiger partial charge in [0.1, 0.15) is 11.0 Å². The maximum atomic E-state index is 4.93. The van der Waals surface area contributed by atoms with Crippen LogP contribution >= 0.6 is 0 Å². The predicted octanol–water partition coefficient (Wildman–Crippen LogP) is 12.4. The molecule has 246 valence electrons. The van der Waals surface area contributed by atoms with Gasteiger partial charge in [0, 0.05) is 18.0 Å². The van der Waals surface area contributed by atoms with Crippen molar-refractivity contribution in [3.63, 3.8) is 0 Å². The van der Waals surface area contributed by atoms with E-state index >= 15 is 0 Å². The van der Waals surface area contributed by atoms with Crippen molar-refractivity contribution in [2.24, 2.45) is 0 Å². The summed E-state index contributed by atoms with van der Waals surface area (Å²) >= 11 is 0. The van der Waals surface area contributed by atoms with E-state index in [0.717, 1.165) is 44.5 Å². The van der Waals surface area contributed by atoms with Crippen LogP contribution in [0.5, 0.6) is 0 Å². The lowest BCUT2D eigenvalue weighted by atomic mass is 9.85. The van der Waals surface area contributed by atoms with E-state index in [1.165, 1.54) is 43.8 Å². The molecule has 4 nitrogen and oxygen atoms in total. The summed E-state index contributed by atoms with van der Waals surface area (Å²) < 4.78 is 0. The molecule has 2 aromatic heterocycles. The molecule has 4 heteroatoms. The molecule has 9 rings (SSSR count). The molecule has 0 amide bonds. The fourth-order valence-corrected chi connectivity index (χ4v) is 7.17. The first kappa shape index (κ1) is 31.1. The standard InChI is InChI=1S/C48H34N4/c1-2-3-6-13-33-28-39(32-49-31-33)34-20-24-40(25-21-34)52-50-45-27-23-38(30-46(45)51-52)37-22-26-43-44(29-37)48(36-16-9-5-10-17-36)42-19-12-11-18-41(42)47(43)35-14-7-4-8-15-35/h2-32H,1H3/b3-2-,13-6-. The molecule has 0 saturated heterocycles. The number of hydrogen-bond acceptors (Lipinski definition) is 3. The van der Waals surface area contributed by atoms with E-state index in [1.54, 1.807) is 4.80 Å². The number of nitrogens with zero attached hydrogens (tertiary/aromatic N) is 4. The van der Waals surface area contributed by atoms with Crippen molar-refractivity contribution in [3.8, 4) is 50.2 Å². The van der Waals surface area contributed by atoms with E-state index < -0.39 is 0 Å². The highest BCUT2D eigenvalue weighted by Gasteiger charge is 2.17. The lowest BCUT2D eigenvalue weighted by Crippen LogP contribution is -1.98. The Labute approximate surface area is 302 Å². The van der Waals surface area contributed by atoms with Crippen LogP contribution in [0.1, 0.15) is 12.5 Å². The van der Waals surface area contributed by atoms with E-state index in [2.05, 4.69) is 163 Å². The number of fused-ring (bicyclic) bond motifs is 3. The van der Waals surface area contributed by atoms with Crippen LogP contribution in [0.3, 0.4) is 0 Å². The Kier molecular flexibility index (Phi) is 8.03. The first-order chi connectivity index (χ1) is 25.7. The Balaban J connectivity index is 1.12. The van der Waals surface area contributed by atoms with E-state index in [9.17, 15) is 0 Å². The third-order valence-electron chi connectivity index (χ3n) is 9.65. The molecule has 9 aromatic rings. The van der Waals surface area contributed by atoms with Gasteiger partial charge < -0.3 is 0 Å². The Morgan fingerprint density at radius 3 is 1.75 bits per heavy atom. The molecule has 0 saturated carbocycles. The third-order valence-corrected chi connectivity index (χ3v) is 9.65. The molecule has 0 aliphatic rings. The number of benzene rings is 7. The van der Waals surface area contributed by atoms with Gasteiger partial charge in [-0.25, -0.2) is 0 Å². The minimum atomic E-state index is 0.846. The first-order valence-electron chi connectivity index (χ1n) is 17.6. The van der Waals surface area contributed by atoms with Gasteiger partial charge in [0.25, 0.3) is 0 Å². The molecule has 0 unspecified atom stereocenters. The second-order valence-corrected chi connectivity index (χ2v) is 12.9. The molecule has 0 fully saturated rings. The van der Waals surface area contributed by atoms with Crippen LogP contribution in [0.25, 0.3) is 88.8 Å². The van der Waals surface area contributed by atoms with Crippen molar-refractivity contribution >= 4 is 38.7 Å². The molecule has 0 spiro atoms. The fourth-order valence-electron chi connectivity index (χ4n) is 7.17. The summed E-state index contributed by atoms with van der Waals surface area (Å²) in [5.74, 6) is 0. The van der Waals surface area contributed by atoms with Crippen molar-refractivity contribution in [1.29, 1.82) is 0 Å². The molecule has 0 aliphatic heterocycles. The van der Waals surface area contributed by atoms with Crippen LogP contribution in [-0.2, 0) is 0 Å². The molecule has 0 aliphatic carbocycles. The van der Waals surface area contributed by atoms with Crippen LogP contribution in [0.2, 0.25) is 0 Å². The molecule has 52 heavy (non-hydrogen) atoms. The monoisotopic (exact) mass is 666 g/mol. The quantitative estimate of drug-likeness (QED) is 0.126. The van der Waals surface area contributed by atoms with Crippen molar-refractivity contribution in [2.75, 3.05) is 0 Å². The van der Waals surface area contributed by atoms with Crippen LogP contribution in [-0.4, -0.2) is 20.0 Å². The highest BCUT2D eigenvalue weighted by Crippen LogP contribution is 2.44. The number of pyridine rings is 1. The van der Waals surface area contributed by atoms with E-state index in [-0.39, 0.29) is 0 Å². The van der Waals surface area contributed by atoms with Crippen molar-refractivity contribution in [2.45, 2.75) is 6.92 Å². The van der Waals surface area contributed by atoms with Gasteiger partial charge in [-0.1, -0.05) is 140 Å². The average Bonchev–Trinajstić information content (AvgIpc) is 3.64. The highest BCUT2D eigenvalue weighted by atomic mass is 15.5. The zero-order chi connectivity index (χ0) is 34.9.